The molecule has 0 amide bonds. The molecule has 0 radical (unpaired) electrons. The molecule has 3 aromatic heterocycles. The van der Waals surface area contributed by atoms with E-state index in [2.05, 4.69) is 169 Å². The molecule has 2 N–H and O–H groups in total. The topological polar surface area (TPSA) is 101 Å². The number of rotatable bonds is 7. The van der Waals surface area contributed by atoms with Crippen LogP contribution in [0.1, 0.15) is 100.0 Å². The van der Waals surface area contributed by atoms with Gasteiger partial charge in [-0.15, -0.1) is 0 Å². The fourth-order valence-electron chi connectivity index (χ4n) is 14.5. The van der Waals surface area contributed by atoms with E-state index in [1.54, 1.807) is 6.08 Å². The van der Waals surface area contributed by atoms with E-state index in [4.69, 9.17) is 14.7 Å². The third kappa shape index (κ3) is 7.96. The van der Waals surface area contributed by atoms with Gasteiger partial charge in [-0.2, -0.15) is 0 Å². The largest absolute Gasteiger partial charge is 0.459 e. The highest BCUT2D eigenvalue weighted by atomic mass is 16.5. The molecular weight excluding hydrogens is 897 g/mol. The van der Waals surface area contributed by atoms with Crippen molar-refractivity contribution in [3.63, 3.8) is 0 Å². The second-order valence-corrected chi connectivity index (χ2v) is 22.0. The van der Waals surface area contributed by atoms with Gasteiger partial charge >= 0.3 is 5.97 Å². The molecular formula is C66H60N4O3. The van der Waals surface area contributed by atoms with Crippen molar-refractivity contribution < 1.29 is 14.3 Å². The fourth-order valence-corrected chi connectivity index (χ4v) is 14.5. The molecule has 4 saturated carbocycles. The lowest BCUT2D eigenvalue weighted by Gasteiger charge is -2.60. The zero-order valence-electron chi connectivity index (χ0n) is 41.6. The predicted molar refractivity (Wildman–Crippen MR) is 296 cm³/mol. The Morgan fingerprint density at radius 1 is 0.534 bits per heavy atom. The van der Waals surface area contributed by atoms with Crippen LogP contribution in [0.4, 0.5) is 0 Å². The summed E-state index contributed by atoms with van der Waals surface area (Å²) in [6.45, 7) is 4.89. The number of aromatic nitrogens is 4. The van der Waals surface area contributed by atoms with E-state index in [0.717, 1.165) is 140 Å². The Bertz CT molecular complexity index is 3530. The molecule has 8 bridgehead atoms. The van der Waals surface area contributed by atoms with E-state index in [9.17, 15) is 9.59 Å². The van der Waals surface area contributed by atoms with Gasteiger partial charge in [0.15, 0.2) is 0 Å². The molecule has 4 fully saturated rings. The molecule has 13 rings (SSSR count). The van der Waals surface area contributed by atoms with Crippen molar-refractivity contribution in [3.05, 3.63) is 174 Å². The average molecular weight is 957 g/mol. The average Bonchev–Trinajstić information content (AvgIpc) is 4.30. The Balaban J connectivity index is 0.869. The van der Waals surface area contributed by atoms with Gasteiger partial charge in [0, 0.05) is 68.7 Å². The van der Waals surface area contributed by atoms with Crippen LogP contribution in [0.3, 0.4) is 0 Å². The van der Waals surface area contributed by atoms with Crippen molar-refractivity contribution >= 4 is 64.2 Å². The van der Waals surface area contributed by atoms with Crippen LogP contribution in [0.25, 0.3) is 97.0 Å². The van der Waals surface area contributed by atoms with Crippen molar-refractivity contribution in [2.45, 2.75) is 77.7 Å². The molecule has 7 atom stereocenters. The molecule has 6 aliphatic rings. The van der Waals surface area contributed by atoms with E-state index in [1.165, 1.54) is 12.8 Å². The highest BCUT2D eigenvalue weighted by Gasteiger charge is 2.61. The molecule has 7 aromatic rings. The standard InChI is InChI=1S/C66H60N4O3/c1-65-38-36-47(71)40-46(65)23-24-48-49-25-34-59(66(49,2)39-37-50(48)65)73-60(72)35-20-41-18-21-45(22-19-41)64-57-32-30-55(69-57)62(43-14-8-4-9-15-43)53-28-26-51(67-53)61(42-12-6-3-7-13-42)52-27-29-54(68-52)63(44-16-10-5-11-17-44)56-31-33-58(64)70-56/h3-22,26-33,35,46,48-50,59,67,70H,23-25,34,36-40H2,1-2H3/b35-20+,61-51?,61-52?,62-53?,62-55?,63-54?,63-56?,64-57?,64-58?/t46-,48-,49-,50-,59-,65-,66-/m0/s1. The first-order chi connectivity index (χ1) is 35.7. The van der Waals surface area contributed by atoms with Crippen molar-refractivity contribution in [3.8, 4) is 44.5 Å². The molecule has 362 valence electrons. The quantitative estimate of drug-likeness (QED) is 0.122. The van der Waals surface area contributed by atoms with Crippen LogP contribution in [-0.2, 0) is 14.3 Å². The van der Waals surface area contributed by atoms with Gasteiger partial charge in [0.05, 0.1) is 22.8 Å². The van der Waals surface area contributed by atoms with Gasteiger partial charge in [0.2, 0.25) is 0 Å². The highest BCUT2D eigenvalue weighted by molar-refractivity contribution is 6.00. The summed E-state index contributed by atoms with van der Waals surface area (Å²) in [4.78, 5) is 44.7. The van der Waals surface area contributed by atoms with Crippen LogP contribution in [0.15, 0.2) is 146 Å². The molecule has 0 saturated heterocycles. The van der Waals surface area contributed by atoms with E-state index in [1.807, 2.05) is 24.3 Å². The Morgan fingerprint density at radius 2 is 1.00 bits per heavy atom. The van der Waals surface area contributed by atoms with Gasteiger partial charge in [-0.05, 0) is 156 Å². The zero-order valence-corrected chi connectivity index (χ0v) is 41.6. The minimum absolute atomic E-state index is 0.00905. The molecule has 5 heterocycles. The van der Waals surface area contributed by atoms with Crippen LogP contribution in [-0.4, -0.2) is 37.8 Å². The summed E-state index contributed by atoms with van der Waals surface area (Å²) in [5, 5.41) is 0. The second-order valence-electron chi connectivity index (χ2n) is 22.0. The number of esters is 1. The number of nitrogens with one attached hydrogen (secondary N) is 2. The smallest absolute Gasteiger partial charge is 0.331 e. The number of benzene rings is 4. The van der Waals surface area contributed by atoms with E-state index in [0.29, 0.717) is 29.5 Å². The Morgan fingerprint density at radius 3 is 1.49 bits per heavy atom. The number of nitrogens with zero attached hydrogens (tertiary/aromatic N) is 2. The number of hydrogen-bond acceptors (Lipinski definition) is 5. The number of H-pyrrole nitrogens is 2. The number of ether oxygens (including phenoxy) is 1. The number of carbonyl (C=O) groups excluding carboxylic acids is 2. The van der Waals surface area contributed by atoms with Gasteiger partial charge in [0.1, 0.15) is 11.9 Å². The maximum absolute atomic E-state index is 13.7. The summed E-state index contributed by atoms with van der Waals surface area (Å²) >= 11 is 0. The SMILES string of the molecule is C[C@]12CCC(=O)C[C@@H]1CC[C@@H]1[C@@H]2CC[C@]2(C)[C@@H](OC(=O)/C=C/c3ccc(-c4c5nc(c(-c6ccccc6)c6ccc([nH]6)c(-c6ccccc6)c6nc(c(-c7ccccc7)c7ccc4[nH]7)C=C6)C=C5)cc3)CC[C@@H]12. The number of carbonyl (C=O) groups is 2. The summed E-state index contributed by atoms with van der Waals surface area (Å²) in [6, 6.07) is 48.4. The van der Waals surface area contributed by atoms with Gasteiger partial charge in [-0.1, -0.05) is 129 Å². The molecule has 7 heteroatoms. The number of ketones is 1. The van der Waals surface area contributed by atoms with Gasteiger partial charge in [-0.3, -0.25) is 4.79 Å². The molecule has 0 unspecified atom stereocenters. The first kappa shape index (κ1) is 45.2. The van der Waals surface area contributed by atoms with Crippen LogP contribution < -0.4 is 0 Å². The van der Waals surface area contributed by atoms with E-state index in [-0.39, 0.29) is 22.9 Å². The minimum Gasteiger partial charge on any atom is -0.459 e. The van der Waals surface area contributed by atoms with Crippen molar-refractivity contribution in [2.24, 2.45) is 34.5 Å². The third-order valence-corrected chi connectivity index (χ3v) is 18.2. The third-order valence-electron chi connectivity index (χ3n) is 18.2. The van der Waals surface area contributed by atoms with Crippen molar-refractivity contribution in [1.29, 1.82) is 0 Å². The molecule has 4 aromatic carbocycles. The number of fused-ring (bicyclic) bond motifs is 13. The predicted octanol–water partition coefficient (Wildman–Crippen LogP) is 15.9. The summed E-state index contributed by atoms with van der Waals surface area (Å²) in [5.74, 6) is 2.62. The first-order valence-electron chi connectivity index (χ1n) is 26.5. The molecule has 73 heavy (non-hydrogen) atoms. The molecule has 0 spiro atoms. The Labute approximate surface area is 427 Å². The van der Waals surface area contributed by atoms with Crippen molar-refractivity contribution in [1.82, 2.24) is 19.9 Å². The molecule has 7 nitrogen and oxygen atoms in total. The Hall–Kier alpha value is -7.64. The molecule has 2 aliphatic heterocycles. The Kier molecular flexibility index (Phi) is 11.2. The minimum atomic E-state index is -0.273. The second kappa shape index (κ2) is 18.1. The summed E-state index contributed by atoms with van der Waals surface area (Å²) in [5.41, 5.74) is 16.6. The van der Waals surface area contributed by atoms with Gasteiger partial charge < -0.3 is 14.7 Å². The van der Waals surface area contributed by atoms with Crippen LogP contribution in [0.2, 0.25) is 0 Å². The number of hydrogen-bond donors (Lipinski definition) is 2. The number of Topliss-reactive ketones (excluding diaryl/α,β-unsaturated/α-hetero) is 1. The lowest BCUT2D eigenvalue weighted by molar-refractivity contribution is -0.159. The first-order valence-corrected chi connectivity index (χ1v) is 26.5. The summed E-state index contributed by atoms with van der Waals surface area (Å²) in [6.07, 6.45) is 21.2. The molecule has 4 aliphatic carbocycles. The normalized spacial score (nSPS) is 25.1. The van der Waals surface area contributed by atoms with Crippen molar-refractivity contribution in [2.75, 3.05) is 0 Å². The fraction of sp³-hybridized carbons (Fsp3) is 0.273. The lowest BCUT2D eigenvalue weighted by atomic mass is 9.45. The van der Waals surface area contributed by atoms with Gasteiger partial charge in [0.25, 0.3) is 0 Å². The van der Waals surface area contributed by atoms with Crippen LogP contribution in [0, 0.1) is 34.5 Å². The maximum Gasteiger partial charge on any atom is 0.331 e. The van der Waals surface area contributed by atoms with E-state index < -0.39 is 0 Å². The highest BCUT2D eigenvalue weighted by Crippen LogP contribution is 2.66. The summed E-state index contributed by atoms with van der Waals surface area (Å²) < 4.78 is 6.41. The van der Waals surface area contributed by atoms with Gasteiger partial charge in [-0.25, -0.2) is 14.8 Å². The zero-order chi connectivity index (χ0) is 49.3. The lowest BCUT2D eigenvalue weighted by Crippen LogP contribution is -2.54. The van der Waals surface area contributed by atoms with Crippen LogP contribution in [0.5, 0.6) is 0 Å². The monoisotopic (exact) mass is 956 g/mol. The maximum atomic E-state index is 13.7. The van der Waals surface area contributed by atoms with E-state index >= 15 is 0 Å². The van der Waals surface area contributed by atoms with Crippen LogP contribution >= 0.6 is 0 Å². The number of aromatic amines is 2. The summed E-state index contributed by atoms with van der Waals surface area (Å²) in [7, 11) is 0.